The zero-order chi connectivity index (χ0) is 7.49. The Balaban J connectivity index is 3.74. The molecule has 54 valence electrons. The first-order valence-corrected chi connectivity index (χ1v) is 6.65. The highest BCUT2D eigenvalue weighted by atomic mass is 28.3. The summed E-state index contributed by atoms with van der Waals surface area (Å²) in [6, 6.07) is 0. The van der Waals surface area contributed by atoms with Crippen LogP contribution in [0.2, 0.25) is 19.6 Å². The standard InChI is InChI=1S/C6H14O2Si/c1-5-8-6(7)9(2,3)4/h5H2,1-4H3. The Morgan fingerprint density at radius 2 is 1.89 bits per heavy atom. The summed E-state index contributed by atoms with van der Waals surface area (Å²) >= 11 is 0. The van der Waals surface area contributed by atoms with Gasteiger partial charge in [-0.25, -0.2) is 0 Å². The van der Waals surface area contributed by atoms with E-state index in [9.17, 15) is 4.79 Å². The van der Waals surface area contributed by atoms with E-state index in [0.717, 1.165) is 0 Å². The minimum absolute atomic E-state index is 0.00463. The fourth-order valence-corrected chi connectivity index (χ4v) is 0.925. The molecule has 0 N–H and O–H groups in total. The van der Waals surface area contributed by atoms with E-state index in [-0.39, 0.29) is 5.59 Å². The Bertz CT molecular complexity index is 104. The van der Waals surface area contributed by atoms with Crippen molar-refractivity contribution in [3.8, 4) is 0 Å². The van der Waals surface area contributed by atoms with Crippen LogP contribution in [0.3, 0.4) is 0 Å². The quantitative estimate of drug-likeness (QED) is 0.557. The summed E-state index contributed by atoms with van der Waals surface area (Å²) in [5.74, 6) is 0. The molecule has 0 aliphatic rings. The highest BCUT2D eigenvalue weighted by Crippen LogP contribution is 2.03. The predicted octanol–water partition coefficient (Wildman–Crippen LogP) is 2.06. The van der Waals surface area contributed by atoms with Crippen LogP contribution in [-0.4, -0.2) is 20.3 Å². The van der Waals surface area contributed by atoms with Gasteiger partial charge in [0.25, 0.3) is 5.59 Å². The second kappa shape index (κ2) is 3.01. The van der Waals surface area contributed by atoms with Crippen LogP contribution in [0.25, 0.3) is 0 Å². The molecule has 0 fully saturated rings. The summed E-state index contributed by atoms with van der Waals surface area (Å²) in [6.45, 7) is 8.27. The van der Waals surface area contributed by atoms with Gasteiger partial charge in [-0.05, 0) is 6.92 Å². The van der Waals surface area contributed by atoms with Crippen LogP contribution in [0.15, 0.2) is 0 Å². The molecule has 0 bridgehead atoms. The van der Waals surface area contributed by atoms with Crippen LogP contribution < -0.4 is 0 Å². The van der Waals surface area contributed by atoms with E-state index in [0.29, 0.717) is 6.61 Å². The summed E-state index contributed by atoms with van der Waals surface area (Å²) in [7, 11) is -1.64. The van der Waals surface area contributed by atoms with Crippen molar-refractivity contribution in [3.63, 3.8) is 0 Å². The van der Waals surface area contributed by atoms with Gasteiger partial charge in [-0.3, -0.25) is 4.79 Å². The summed E-state index contributed by atoms with van der Waals surface area (Å²) < 4.78 is 4.83. The van der Waals surface area contributed by atoms with Crippen molar-refractivity contribution in [1.29, 1.82) is 0 Å². The average Bonchev–Trinajstić information content (AvgIpc) is 1.64. The molecule has 2 nitrogen and oxygen atoms in total. The molecule has 0 spiro atoms. The maximum absolute atomic E-state index is 10.9. The van der Waals surface area contributed by atoms with Crippen LogP contribution >= 0.6 is 0 Å². The number of hydrogen-bond donors (Lipinski definition) is 0. The Hall–Kier alpha value is -0.313. The molecule has 3 heteroatoms. The number of rotatable bonds is 2. The van der Waals surface area contributed by atoms with Gasteiger partial charge in [-0.15, -0.1) is 0 Å². The Morgan fingerprint density at radius 1 is 1.44 bits per heavy atom. The number of carbonyl (C=O) groups excluding carboxylic acids is 1. The Morgan fingerprint density at radius 3 is 2.00 bits per heavy atom. The molecule has 0 radical (unpaired) electrons. The lowest BCUT2D eigenvalue weighted by Crippen LogP contribution is -2.33. The van der Waals surface area contributed by atoms with Gasteiger partial charge in [-0.1, -0.05) is 19.6 Å². The van der Waals surface area contributed by atoms with Gasteiger partial charge in [0, 0.05) is 0 Å². The van der Waals surface area contributed by atoms with Gasteiger partial charge in [0.2, 0.25) is 0 Å². The van der Waals surface area contributed by atoms with Gasteiger partial charge >= 0.3 is 0 Å². The normalized spacial score (nSPS) is 11.1. The van der Waals surface area contributed by atoms with Crippen LogP contribution in [0, 0.1) is 0 Å². The molecule has 0 saturated heterocycles. The molecule has 0 aliphatic carbocycles. The Labute approximate surface area is 57.2 Å². The fraction of sp³-hybridized carbons (Fsp3) is 0.833. The smallest absolute Gasteiger partial charge is 0.271 e. The van der Waals surface area contributed by atoms with Gasteiger partial charge in [0.05, 0.1) is 6.61 Å². The summed E-state index contributed by atoms with van der Waals surface area (Å²) in [6.07, 6.45) is 0. The molecule has 0 heterocycles. The third kappa shape index (κ3) is 3.29. The number of ether oxygens (including phenoxy) is 1. The highest BCUT2D eigenvalue weighted by molar-refractivity contribution is 7.02. The van der Waals surface area contributed by atoms with Crippen molar-refractivity contribution in [2.24, 2.45) is 0 Å². The second-order valence-corrected chi connectivity index (χ2v) is 7.88. The number of carbonyl (C=O) groups is 1. The first kappa shape index (κ1) is 8.69. The molecular weight excluding hydrogens is 132 g/mol. The molecule has 0 aromatic heterocycles. The molecule has 9 heavy (non-hydrogen) atoms. The lowest BCUT2D eigenvalue weighted by molar-refractivity contribution is 0.177. The molecule has 0 unspecified atom stereocenters. The van der Waals surface area contributed by atoms with Crippen molar-refractivity contribution in [3.05, 3.63) is 0 Å². The lowest BCUT2D eigenvalue weighted by Gasteiger charge is -2.12. The van der Waals surface area contributed by atoms with Crippen molar-refractivity contribution >= 4 is 13.7 Å². The Kier molecular flexibility index (Phi) is 2.90. The van der Waals surface area contributed by atoms with Crippen LogP contribution in [-0.2, 0) is 4.74 Å². The maximum atomic E-state index is 10.9. The van der Waals surface area contributed by atoms with Gasteiger partial charge in [-0.2, -0.15) is 0 Å². The van der Waals surface area contributed by atoms with Gasteiger partial charge < -0.3 is 4.74 Å². The first-order valence-electron chi connectivity index (χ1n) is 3.15. The molecule has 0 aliphatic heterocycles. The molecular formula is C6H14O2Si. The number of hydrogen-bond acceptors (Lipinski definition) is 2. The largest absolute Gasteiger partial charge is 0.470 e. The van der Waals surface area contributed by atoms with E-state index in [2.05, 4.69) is 0 Å². The summed E-state index contributed by atoms with van der Waals surface area (Å²) in [5, 5.41) is 0. The molecule has 0 amide bonds. The topological polar surface area (TPSA) is 26.3 Å². The van der Waals surface area contributed by atoms with E-state index in [1.165, 1.54) is 0 Å². The maximum Gasteiger partial charge on any atom is 0.271 e. The zero-order valence-electron chi connectivity index (χ0n) is 6.52. The van der Waals surface area contributed by atoms with Crippen molar-refractivity contribution in [2.75, 3.05) is 6.61 Å². The third-order valence-electron chi connectivity index (χ3n) is 0.888. The fourth-order valence-electron chi connectivity index (χ4n) is 0.348. The molecule has 0 saturated carbocycles. The minimum atomic E-state index is -1.64. The predicted molar refractivity (Wildman–Crippen MR) is 40.4 cm³/mol. The SMILES string of the molecule is CCOC(=O)[Si](C)(C)C. The van der Waals surface area contributed by atoms with Gasteiger partial charge in [0.15, 0.2) is 8.07 Å². The van der Waals surface area contributed by atoms with E-state index in [1.807, 2.05) is 26.6 Å². The highest BCUT2D eigenvalue weighted by Gasteiger charge is 2.25. The second-order valence-electron chi connectivity index (χ2n) is 2.97. The van der Waals surface area contributed by atoms with E-state index in [4.69, 9.17) is 4.74 Å². The van der Waals surface area contributed by atoms with E-state index < -0.39 is 8.07 Å². The minimum Gasteiger partial charge on any atom is -0.470 e. The lowest BCUT2D eigenvalue weighted by atomic mass is 10.9. The summed E-state index contributed by atoms with van der Waals surface area (Å²) in [4.78, 5) is 10.9. The molecule has 0 aromatic rings. The van der Waals surface area contributed by atoms with E-state index >= 15 is 0 Å². The molecule has 0 rings (SSSR count). The van der Waals surface area contributed by atoms with Crippen molar-refractivity contribution in [2.45, 2.75) is 26.6 Å². The van der Waals surface area contributed by atoms with Crippen molar-refractivity contribution in [1.82, 2.24) is 0 Å². The third-order valence-corrected chi connectivity index (χ3v) is 2.26. The van der Waals surface area contributed by atoms with Crippen LogP contribution in [0.1, 0.15) is 6.92 Å². The van der Waals surface area contributed by atoms with Crippen LogP contribution in [0.5, 0.6) is 0 Å². The first-order chi connectivity index (χ1) is 3.98. The summed E-state index contributed by atoms with van der Waals surface area (Å²) in [5.41, 5.74) is 0.00463. The van der Waals surface area contributed by atoms with Gasteiger partial charge in [0.1, 0.15) is 0 Å². The van der Waals surface area contributed by atoms with E-state index in [1.54, 1.807) is 0 Å². The van der Waals surface area contributed by atoms with Crippen LogP contribution in [0.4, 0.5) is 4.79 Å². The molecule has 0 atom stereocenters. The molecule has 0 aromatic carbocycles. The monoisotopic (exact) mass is 146 g/mol. The zero-order valence-corrected chi connectivity index (χ0v) is 7.52. The van der Waals surface area contributed by atoms with Crippen molar-refractivity contribution < 1.29 is 9.53 Å². The average molecular weight is 146 g/mol.